The number of hydrogen-bond donors (Lipinski definition) is 0. The lowest BCUT2D eigenvalue weighted by atomic mass is 9.89. The van der Waals surface area contributed by atoms with Crippen molar-refractivity contribution in [2.24, 2.45) is 5.41 Å². The van der Waals surface area contributed by atoms with Crippen molar-refractivity contribution in [1.82, 2.24) is 0 Å². The fourth-order valence-corrected chi connectivity index (χ4v) is 2.05. The highest BCUT2D eigenvalue weighted by Crippen LogP contribution is 2.22. The molecule has 0 N–H and O–H groups in total. The van der Waals surface area contributed by atoms with Crippen molar-refractivity contribution >= 4 is 5.97 Å². The zero-order chi connectivity index (χ0) is 14.1. The molecule has 0 saturated carbocycles. The first-order valence-corrected chi connectivity index (χ1v) is 7.74. The molecule has 0 radical (unpaired) electrons. The van der Waals surface area contributed by atoms with Crippen LogP contribution in [0.3, 0.4) is 0 Å². The minimum absolute atomic E-state index is 0.0665. The van der Waals surface area contributed by atoms with E-state index in [1.54, 1.807) is 0 Å². The summed E-state index contributed by atoms with van der Waals surface area (Å²) in [5.74, 6) is -0.0665. The molecule has 19 heavy (non-hydrogen) atoms. The lowest BCUT2D eigenvalue weighted by Crippen LogP contribution is -2.09. The Kier molecular flexibility index (Phi) is 7.44. The highest BCUT2D eigenvalue weighted by atomic mass is 16.6. The molecular weight excluding hydrogens is 240 g/mol. The monoisotopic (exact) mass is 270 g/mol. The normalized spacial score (nSPS) is 18.4. The zero-order valence-electron chi connectivity index (χ0n) is 12.9. The summed E-state index contributed by atoms with van der Waals surface area (Å²) >= 11 is 0. The summed E-state index contributed by atoms with van der Waals surface area (Å²) < 4.78 is 10.1. The molecule has 1 unspecified atom stereocenters. The average molecular weight is 270 g/mol. The molecule has 3 nitrogen and oxygen atoms in total. The maximum Gasteiger partial charge on any atom is 0.305 e. The van der Waals surface area contributed by atoms with Gasteiger partial charge in [-0.25, -0.2) is 0 Å². The van der Waals surface area contributed by atoms with Crippen LogP contribution in [-0.2, 0) is 14.3 Å². The number of ether oxygens (including phenoxy) is 2. The number of unbranched alkanes of at least 4 members (excludes halogenated alkanes) is 5. The second kappa shape index (κ2) is 8.57. The predicted molar refractivity (Wildman–Crippen MR) is 77.1 cm³/mol. The molecule has 112 valence electrons. The number of epoxide rings is 1. The van der Waals surface area contributed by atoms with E-state index in [2.05, 4.69) is 20.8 Å². The van der Waals surface area contributed by atoms with Gasteiger partial charge in [0.2, 0.25) is 0 Å². The Labute approximate surface area is 118 Å². The molecule has 1 heterocycles. The third-order valence-corrected chi connectivity index (χ3v) is 3.39. The summed E-state index contributed by atoms with van der Waals surface area (Å²) in [7, 11) is 0. The van der Waals surface area contributed by atoms with Gasteiger partial charge in [0.25, 0.3) is 0 Å². The summed E-state index contributed by atoms with van der Waals surface area (Å²) in [6.45, 7) is 8.09. The van der Waals surface area contributed by atoms with Gasteiger partial charge in [-0.05, 0) is 18.3 Å². The minimum atomic E-state index is -0.0665. The highest BCUT2D eigenvalue weighted by molar-refractivity contribution is 5.69. The number of carbonyl (C=O) groups excluding carboxylic acids is 1. The number of hydrogen-bond acceptors (Lipinski definition) is 3. The predicted octanol–water partition coefficient (Wildman–Crippen LogP) is 4.10. The van der Waals surface area contributed by atoms with Gasteiger partial charge in [-0.15, -0.1) is 0 Å². The standard InChI is InChI=1S/C16H30O3/c1-16(2,3)11-9-7-5-4-6-8-10-15(17)19-13-14-12-18-14/h14H,4-13H2,1-3H3. The van der Waals surface area contributed by atoms with Crippen LogP contribution in [0, 0.1) is 5.41 Å². The highest BCUT2D eigenvalue weighted by Gasteiger charge is 2.23. The Hall–Kier alpha value is -0.570. The largest absolute Gasteiger partial charge is 0.463 e. The molecule has 1 rings (SSSR count). The maximum atomic E-state index is 11.3. The smallest absolute Gasteiger partial charge is 0.305 e. The van der Waals surface area contributed by atoms with Gasteiger partial charge < -0.3 is 9.47 Å². The summed E-state index contributed by atoms with van der Waals surface area (Å²) in [6.07, 6.45) is 9.34. The van der Waals surface area contributed by atoms with E-state index < -0.39 is 0 Å². The van der Waals surface area contributed by atoms with E-state index in [-0.39, 0.29) is 12.1 Å². The third-order valence-electron chi connectivity index (χ3n) is 3.39. The van der Waals surface area contributed by atoms with Gasteiger partial charge in [0.05, 0.1) is 6.61 Å². The molecule has 1 aliphatic rings. The van der Waals surface area contributed by atoms with Crippen molar-refractivity contribution in [2.45, 2.75) is 78.2 Å². The molecular formula is C16H30O3. The molecule has 0 aliphatic carbocycles. The van der Waals surface area contributed by atoms with E-state index in [1.807, 2.05) is 0 Å². The summed E-state index contributed by atoms with van der Waals surface area (Å²) in [5.41, 5.74) is 0.467. The van der Waals surface area contributed by atoms with Gasteiger partial charge in [0.15, 0.2) is 0 Å². The second-order valence-electron chi connectivity index (χ2n) is 6.82. The SMILES string of the molecule is CC(C)(C)CCCCCCCCC(=O)OCC1CO1. The van der Waals surface area contributed by atoms with Crippen LogP contribution < -0.4 is 0 Å². The van der Waals surface area contributed by atoms with Crippen LogP contribution in [0.1, 0.15) is 72.1 Å². The molecule has 1 saturated heterocycles. The summed E-state index contributed by atoms with van der Waals surface area (Å²) in [4.78, 5) is 11.3. The van der Waals surface area contributed by atoms with Gasteiger partial charge in [-0.1, -0.05) is 52.9 Å². The van der Waals surface area contributed by atoms with Crippen molar-refractivity contribution in [3.63, 3.8) is 0 Å². The van der Waals surface area contributed by atoms with Crippen LogP contribution in [0.4, 0.5) is 0 Å². The first-order valence-electron chi connectivity index (χ1n) is 7.74. The van der Waals surface area contributed by atoms with Crippen LogP contribution in [0.25, 0.3) is 0 Å². The summed E-state index contributed by atoms with van der Waals surface area (Å²) in [5, 5.41) is 0. The molecule has 0 aromatic heterocycles. The summed E-state index contributed by atoms with van der Waals surface area (Å²) in [6, 6.07) is 0. The Morgan fingerprint density at radius 3 is 2.26 bits per heavy atom. The van der Waals surface area contributed by atoms with E-state index >= 15 is 0 Å². The van der Waals surface area contributed by atoms with Crippen molar-refractivity contribution in [1.29, 1.82) is 0 Å². The molecule has 3 heteroatoms. The molecule has 1 fully saturated rings. The van der Waals surface area contributed by atoms with E-state index in [4.69, 9.17) is 9.47 Å². The topological polar surface area (TPSA) is 38.8 Å². The maximum absolute atomic E-state index is 11.3. The molecule has 0 aromatic rings. The Morgan fingerprint density at radius 2 is 1.68 bits per heavy atom. The van der Waals surface area contributed by atoms with E-state index in [0.29, 0.717) is 18.4 Å². The molecule has 0 amide bonds. The number of esters is 1. The first kappa shape index (κ1) is 16.5. The van der Waals surface area contributed by atoms with Gasteiger partial charge in [0, 0.05) is 6.42 Å². The van der Waals surface area contributed by atoms with Crippen molar-refractivity contribution < 1.29 is 14.3 Å². The molecule has 1 atom stereocenters. The average Bonchev–Trinajstić information content (AvgIpc) is 3.12. The Morgan fingerprint density at radius 1 is 1.11 bits per heavy atom. The number of rotatable bonds is 10. The van der Waals surface area contributed by atoms with Gasteiger partial charge in [-0.2, -0.15) is 0 Å². The van der Waals surface area contributed by atoms with Crippen LogP contribution in [-0.4, -0.2) is 25.3 Å². The van der Waals surface area contributed by atoms with E-state index in [0.717, 1.165) is 19.4 Å². The van der Waals surface area contributed by atoms with Gasteiger partial charge >= 0.3 is 5.97 Å². The minimum Gasteiger partial charge on any atom is -0.463 e. The lowest BCUT2D eigenvalue weighted by molar-refractivity contribution is -0.144. The quantitative estimate of drug-likeness (QED) is 0.341. The Balaban J connectivity index is 1.78. The van der Waals surface area contributed by atoms with Crippen LogP contribution in [0.15, 0.2) is 0 Å². The van der Waals surface area contributed by atoms with E-state index in [9.17, 15) is 4.79 Å². The van der Waals surface area contributed by atoms with Crippen LogP contribution in [0.5, 0.6) is 0 Å². The molecule has 0 aromatic carbocycles. The third kappa shape index (κ3) is 11.0. The van der Waals surface area contributed by atoms with Crippen molar-refractivity contribution in [2.75, 3.05) is 13.2 Å². The van der Waals surface area contributed by atoms with E-state index in [1.165, 1.54) is 32.1 Å². The molecule has 0 bridgehead atoms. The second-order valence-corrected chi connectivity index (χ2v) is 6.82. The Bertz CT molecular complexity index is 251. The van der Waals surface area contributed by atoms with Crippen molar-refractivity contribution in [3.05, 3.63) is 0 Å². The van der Waals surface area contributed by atoms with Crippen molar-refractivity contribution in [3.8, 4) is 0 Å². The van der Waals surface area contributed by atoms with Crippen LogP contribution in [0.2, 0.25) is 0 Å². The molecule has 0 spiro atoms. The molecule has 1 aliphatic heterocycles. The fourth-order valence-electron chi connectivity index (χ4n) is 2.05. The zero-order valence-corrected chi connectivity index (χ0v) is 12.9. The number of carbonyl (C=O) groups is 1. The van der Waals surface area contributed by atoms with Crippen LogP contribution >= 0.6 is 0 Å². The van der Waals surface area contributed by atoms with Gasteiger partial charge in [0.1, 0.15) is 12.7 Å². The van der Waals surface area contributed by atoms with Gasteiger partial charge in [-0.3, -0.25) is 4.79 Å². The fraction of sp³-hybridized carbons (Fsp3) is 0.938. The lowest BCUT2D eigenvalue weighted by Gasteiger charge is -2.17. The first-order chi connectivity index (χ1) is 8.97.